The van der Waals surface area contributed by atoms with Gasteiger partial charge in [-0.3, -0.25) is 9.59 Å². The Kier molecular flexibility index (Phi) is 8.95. The summed E-state index contributed by atoms with van der Waals surface area (Å²) in [4.78, 5) is 44.2. The molecule has 0 atom stereocenters. The van der Waals surface area contributed by atoms with Gasteiger partial charge in [0.05, 0.1) is 24.4 Å². The van der Waals surface area contributed by atoms with E-state index in [0.717, 1.165) is 22.0 Å². The molecule has 1 aliphatic rings. The highest BCUT2D eigenvalue weighted by Gasteiger charge is 2.30. The Labute approximate surface area is 239 Å². The maximum atomic E-state index is 14.0. The second kappa shape index (κ2) is 12.4. The molecule has 8 heteroatoms. The summed E-state index contributed by atoms with van der Waals surface area (Å²) in [5.41, 5.74) is 3.51. The minimum Gasteiger partial charge on any atom is -0.462 e. The third kappa shape index (κ3) is 5.75. The Morgan fingerprint density at radius 1 is 0.925 bits per heavy atom. The number of nitrogens with zero attached hydrogens (tertiary/aromatic N) is 3. The van der Waals surface area contributed by atoms with Crippen LogP contribution in [0.4, 0.5) is 5.69 Å². The monoisotopic (exact) mass is 559 g/mol. The van der Waals surface area contributed by atoms with Crippen LogP contribution in [0.3, 0.4) is 0 Å². The van der Waals surface area contributed by atoms with Gasteiger partial charge in [0.15, 0.2) is 0 Å². The number of hydrogen-bond acceptors (Lipinski definition) is 5. The molecular formula is C32H34ClN3O4. The fraction of sp³-hybridized carbons (Fsp3) is 0.281. The minimum absolute atomic E-state index is 0. The van der Waals surface area contributed by atoms with Gasteiger partial charge in [0.2, 0.25) is 0 Å². The van der Waals surface area contributed by atoms with Crippen LogP contribution in [0.15, 0.2) is 77.6 Å². The molecule has 0 spiro atoms. The van der Waals surface area contributed by atoms with Gasteiger partial charge in [0, 0.05) is 42.2 Å². The summed E-state index contributed by atoms with van der Waals surface area (Å²) in [6.07, 6.45) is 0. The minimum atomic E-state index is -0.637. The van der Waals surface area contributed by atoms with E-state index in [4.69, 9.17) is 16.3 Å². The van der Waals surface area contributed by atoms with Gasteiger partial charge in [-0.05, 0) is 55.8 Å². The quantitative estimate of drug-likeness (QED) is 0.280. The van der Waals surface area contributed by atoms with Gasteiger partial charge in [-0.15, -0.1) is 0 Å². The molecule has 208 valence electrons. The van der Waals surface area contributed by atoms with E-state index in [1.54, 1.807) is 40.7 Å². The zero-order valence-electron chi connectivity index (χ0n) is 22.0. The average molecular weight is 560 g/mol. The molecule has 1 saturated heterocycles. The Bertz CT molecular complexity index is 1570. The molecule has 40 heavy (non-hydrogen) atoms. The number of fused-ring (bicyclic) bond motifs is 1. The number of pyridine rings is 1. The molecule has 1 aliphatic heterocycles. The maximum Gasteiger partial charge on any atom is 0.345 e. The van der Waals surface area contributed by atoms with Crippen molar-refractivity contribution in [2.75, 3.05) is 37.7 Å². The van der Waals surface area contributed by atoms with Crippen LogP contribution in [-0.2, 0) is 11.3 Å². The highest BCUT2D eigenvalue weighted by Crippen LogP contribution is 2.32. The molecule has 0 N–H and O–H groups in total. The van der Waals surface area contributed by atoms with Crippen LogP contribution >= 0.6 is 11.6 Å². The first-order valence-electron chi connectivity index (χ1n) is 13.1. The smallest absolute Gasteiger partial charge is 0.345 e. The lowest BCUT2D eigenvalue weighted by atomic mass is 10.0. The number of carbonyl (C=O) groups excluding carboxylic acids is 2. The largest absolute Gasteiger partial charge is 0.462 e. The van der Waals surface area contributed by atoms with Gasteiger partial charge < -0.3 is 19.1 Å². The van der Waals surface area contributed by atoms with Gasteiger partial charge in [-0.25, -0.2) is 4.79 Å². The van der Waals surface area contributed by atoms with Gasteiger partial charge in [0.25, 0.3) is 11.5 Å². The molecule has 1 fully saturated rings. The van der Waals surface area contributed by atoms with E-state index in [2.05, 4.69) is 0 Å². The van der Waals surface area contributed by atoms with Gasteiger partial charge in [-0.1, -0.05) is 61.0 Å². The second-order valence-corrected chi connectivity index (χ2v) is 10.1. The summed E-state index contributed by atoms with van der Waals surface area (Å²) in [5, 5.41) is 1.39. The predicted octanol–water partition coefficient (Wildman–Crippen LogP) is 5.79. The van der Waals surface area contributed by atoms with Crippen molar-refractivity contribution in [3.05, 3.63) is 110 Å². The van der Waals surface area contributed by atoms with Crippen molar-refractivity contribution in [1.82, 2.24) is 9.47 Å². The van der Waals surface area contributed by atoms with E-state index in [-0.39, 0.29) is 31.1 Å². The average Bonchev–Trinajstić information content (AvgIpc) is 2.95. The summed E-state index contributed by atoms with van der Waals surface area (Å²) >= 11 is 5.98. The summed E-state index contributed by atoms with van der Waals surface area (Å²) in [7, 11) is 0. The van der Waals surface area contributed by atoms with Crippen molar-refractivity contribution < 1.29 is 14.3 Å². The molecular weight excluding hydrogens is 526 g/mol. The van der Waals surface area contributed by atoms with E-state index < -0.39 is 5.97 Å². The van der Waals surface area contributed by atoms with E-state index in [1.165, 1.54) is 0 Å². The van der Waals surface area contributed by atoms with Crippen molar-refractivity contribution in [3.63, 3.8) is 0 Å². The number of rotatable bonds is 6. The SMILES string of the molecule is C.CCOC(=O)c1c(N2CCN(C(=O)c3ccc(Cl)cc3)CC2)c2cc(C)ccc2n(Cc2ccccc2)c1=O. The Morgan fingerprint density at radius 3 is 2.25 bits per heavy atom. The van der Waals surface area contributed by atoms with Gasteiger partial charge in [-0.2, -0.15) is 0 Å². The van der Waals surface area contributed by atoms with Crippen molar-refractivity contribution in [2.24, 2.45) is 0 Å². The normalized spacial score (nSPS) is 13.2. The molecule has 2 heterocycles. The van der Waals surface area contributed by atoms with Crippen LogP contribution in [0.5, 0.6) is 0 Å². The first-order chi connectivity index (χ1) is 18.9. The number of ether oxygens (including phenoxy) is 1. The summed E-state index contributed by atoms with van der Waals surface area (Å²) in [6.45, 7) is 6.04. The predicted molar refractivity (Wildman–Crippen MR) is 161 cm³/mol. The number of carbonyl (C=O) groups is 2. The number of piperazine rings is 1. The molecule has 0 radical (unpaired) electrons. The topological polar surface area (TPSA) is 71.8 Å². The Hall–Kier alpha value is -4.10. The number of halogens is 1. The highest BCUT2D eigenvalue weighted by molar-refractivity contribution is 6.30. The lowest BCUT2D eigenvalue weighted by Crippen LogP contribution is -2.49. The van der Waals surface area contributed by atoms with Crippen LogP contribution in [0.25, 0.3) is 10.9 Å². The first kappa shape index (κ1) is 28.9. The van der Waals surface area contributed by atoms with Crippen LogP contribution < -0.4 is 10.5 Å². The molecule has 5 rings (SSSR count). The Balaban J connectivity index is 0.00000370. The maximum absolute atomic E-state index is 14.0. The highest BCUT2D eigenvalue weighted by atomic mass is 35.5. The van der Waals surface area contributed by atoms with Crippen LogP contribution in [0, 0.1) is 6.92 Å². The van der Waals surface area contributed by atoms with Crippen molar-refractivity contribution >= 4 is 40.1 Å². The van der Waals surface area contributed by atoms with E-state index >= 15 is 0 Å². The standard InChI is InChI=1S/C31H30ClN3O4.CH4/c1-3-39-31(38)27-28(33-15-17-34(18-16-33)29(36)23-10-12-24(32)13-11-23)25-19-21(2)9-14-26(25)35(30(27)37)20-22-7-5-4-6-8-22;/h4-14,19H,3,15-18,20H2,1-2H3;1H4. The zero-order chi connectivity index (χ0) is 27.5. The van der Waals surface area contributed by atoms with Crippen molar-refractivity contribution in [2.45, 2.75) is 27.8 Å². The first-order valence-corrected chi connectivity index (χ1v) is 13.4. The number of aromatic nitrogens is 1. The van der Waals surface area contributed by atoms with E-state index in [0.29, 0.717) is 49.0 Å². The molecule has 4 aromatic rings. The summed E-state index contributed by atoms with van der Waals surface area (Å²) in [6, 6.07) is 22.5. The fourth-order valence-corrected chi connectivity index (χ4v) is 5.23. The van der Waals surface area contributed by atoms with Crippen LogP contribution in [-0.4, -0.2) is 54.1 Å². The number of amides is 1. The molecule has 7 nitrogen and oxygen atoms in total. The van der Waals surface area contributed by atoms with Crippen LogP contribution in [0.1, 0.15) is 46.2 Å². The van der Waals surface area contributed by atoms with E-state index in [1.807, 2.05) is 60.4 Å². The molecule has 0 bridgehead atoms. The molecule has 0 aliphatic carbocycles. The number of anilines is 1. The Morgan fingerprint density at radius 2 is 1.60 bits per heavy atom. The third-order valence-corrected chi connectivity index (χ3v) is 7.28. The van der Waals surface area contributed by atoms with Crippen molar-refractivity contribution in [3.8, 4) is 0 Å². The number of esters is 1. The molecule has 3 aromatic carbocycles. The molecule has 1 aromatic heterocycles. The van der Waals surface area contributed by atoms with Crippen LogP contribution in [0.2, 0.25) is 5.02 Å². The van der Waals surface area contributed by atoms with Gasteiger partial charge in [0.1, 0.15) is 5.56 Å². The van der Waals surface area contributed by atoms with E-state index in [9.17, 15) is 14.4 Å². The van der Waals surface area contributed by atoms with Crippen molar-refractivity contribution in [1.29, 1.82) is 0 Å². The third-order valence-electron chi connectivity index (χ3n) is 7.03. The lowest BCUT2D eigenvalue weighted by molar-refractivity contribution is 0.0523. The molecule has 1 amide bonds. The van der Waals surface area contributed by atoms with Gasteiger partial charge >= 0.3 is 5.97 Å². The fourth-order valence-electron chi connectivity index (χ4n) is 5.10. The number of hydrogen-bond donors (Lipinski definition) is 0. The molecule has 0 saturated carbocycles. The zero-order valence-corrected chi connectivity index (χ0v) is 22.8. The summed E-state index contributed by atoms with van der Waals surface area (Å²) < 4.78 is 7.05. The number of benzene rings is 3. The number of aryl methyl sites for hydroxylation is 1. The lowest BCUT2D eigenvalue weighted by Gasteiger charge is -2.37. The summed E-state index contributed by atoms with van der Waals surface area (Å²) in [5.74, 6) is -0.710. The second-order valence-electron chi connectivity index (χ2n) is 9.63. The molecule has 0 unspecified atom stereocenters.